The van der Waals surface area contributed by atoms with Crippen LogP contribution in [0.15, 0.2) is 36.4 Å². The zero-order chi connectivity index (χ0) is 19.5. The second kappa shape index (κ2) is 8.34. The molecule has 2 aliphatic heterocycles. The highest BCUT2D eigenvalue weighted by Crippen LogP contribution is 2.32. The van der Waals surface area contributed by atoms with E-state index < -0.39 is 5.82 Å². The molecule has 148 valence electrons. The lowest BCUT2D eigenvalue weighted by molar-refractivity contribution is -1.02. The second-order valence-electron chi connectivity index (χ2n) is 7.21. The number of piperazine rings is 1. The molecule has 2 aromatic rings. The maximum Gasteiger partial charge on any atom is 0.279 e. The fourth-order valence-corrected chi connectivity index (χ4v) is 3.84. The van der Waals surface area contributed by atoms with Gasteiger partial charge in [0.15, 0.2) is 18.0 Å². The van der Waals surface area contributed by atoms with E-state index in [-0.39, 0.29) is 18.4 Å². The number of carbonyl (C=O) groups is 1. The van der Waals surface area contributed by atoms with Gasteiger partial charge in [-0.1, -0.05) is 11.6 Å². The predicted molar refractivity (Wildman–Crippen MR) is 103 cm³/mol. The van der Waals surface area contributed by atoms with Gasteiger partial charge in [0.2, 0.25) is 6.79 Å². The number of ether oxygens (including phenoxy) is 2. The highest BCUT2D eigenvalue weighted by Gasteiger charge is 2.26. The van der Waals surface area contributed by atoms with E-state index in [9.17, 15) is 9.18 Å². The van der Waals surface area contributed by atoms with Crippen LogP contribution in [0.25, 0.3) is 0 Å². The number of nitrogens with one attached hydrogen (secondary N) is 3. The highest BCUT2D eigenvalue weighted by molar-refractivity contribution is 6.30. The molecule has 1 amide bonds. The number of carbonyl (C=O) groups excluding carboxylic acids is 1. The molecule has 3 N–H and O–H groups in total. The molecule has 2 aliphatic rings. The summed E-state index contributed by atoms with van der Waals surface area (Å²) >= 11 is 5.87. The summed E-state index contributed by atoms with van der Waals surface area (Å²) in [5, 5.41) is 3.01. The Labute approximate surface area is 167 Å². The zero-order valence-corrected chi connectivity index (χ0v) is 16.2. The normalized spacial score (nSPS) is 20.8. The molecule has 1 saturated heterocycles. The van der Waals surface area contributed by atoms with Crippen molar-refractivity contribution in [2.45, 2.75) is 6.54 Å². The Morgan fingerprint density at radius 3 is 2.61 bits per heavy atom. The van der Waals surface area contributed by atoms with Crippen molar-refractivity contribution in [3.63, 3.8) is 0 Å². The van der Waals surface area contributed by atoms with Crippen LogP contribution >= 0.6 is 11.6 Å². The summed E-state index contributed by atoms with van der Waals surface area (Å²) in [6.07, 6.45) is 0. The van der Waals surface area contributed by atoms with Gasteiger partial charge in [-0.3, -0.25) is 4.79 Å². The number of benzene rings is 2. The standard InChI is InChI=1S/C20H21ClFN3O3/c21-15-2-3-16(22)17(10-15)23-20(26)12-25-7-5-24(6-8-25)11-14-1-4-18-19(9-14)28-13-27-18/h1-4,9-10H,5-8,11-13H2,(H,23,26)/p+2. The molecule has 0 radical (unpaired) electrons. The van der Waals surface area contributed by atoms with Crippen molar-refractivity contribution in [2.75, 3.05) is 44.8 Å². The molecule has 0 aromatic heterocycles. The fourth-order valence-electron chi connectivity index (χ4n) is 3.66. The van der Waals surface area contributed by atoms with Gasteiger partial charge < -0.3 is 24.6 Å². The number of hydrogen-bond donors (Lipinski definition) is 3. The molecule has 8 heteroatoms. The number of rotatable bonds is 5. The molecule has 0 atom stereocenters. The summed E-state index contributed by atoms with van der Waals surface area (Å²) in [4.78, 5) is 14.9. The van der Waals surface area contributed by atoms with Crippen LogP contribution < -0.4 is 24.6 Å². The van der Waals surface area contributed by atoms with Crippen LogP contribution in [0.3, 0.4) is 0 Å². The van der Waals surface area contributed by atoms with Crippen LogP contribution in [0.2, 0.25) is 5.02 Å². The number of halogens is 2. The molecule has 0 unspecified atom stereocenters. The Hall–Kier alpha value is -2.35. The van der Waals surface area contributed by atoms with Crippen LogP contribution in [0, 0.1) is 5.82 Å². The number of hydrogen-bond acceptors (Lipinski definition) is 3. The van der Waals surface area contributed by atoms with Crippen LogP contribution in [0.4, 0.5) is 10.1 Å². The molecule has 2 aromatic carbocycles. The molecular formula is C20H23ClFN3O3+2. The van der Waals surface area contributed by atoms with Crippen molar-refractivity contribution in [1.29, 1.82) is 0 Å². The lowest BCUT2D eigenvalue weighted by Gasteiger charge is -2.29. The first-order valence-electron chi connectivity index (χ1n) is 9.37. The van der Waals surface area contributed by atoms with Crippen molar-refractivity contribution >= 4 is 23.2 Å². The maximum absolute atomic E-state index is 13.7. The molecule has 1 fully saturated rings. The van der Waals surface area contributed by atoms with E-state index in [1.807, 2.05) is 12.1 Å². The third-order valence-corrected chi connectivity index (χ3v) is 5.40. The summed E-state index contributed by atoms with van der Waals surface area (Å²) in [5.74, 6) is 0.933. The van der Waals surface area contributed by atoms with Gasteiger partial charge in [-0.05, 0) is 36.4 Å². The zero-order valence-electron chi connectivity index (χ0n) is 15.4. The van der Waals surface area contributed by atoms with Crippen molar-refractivity contribution in [3.8, 4) is 11.5 Å². The largest absolute Gasteiger partial charge is 0.454 e. The fraction of sp³-hybridized carbons (Fsp3) is 0.350. The molecule has 0 spiro atoms. The molecule has 6 nitrogen and oxygen atoms in total. The van der Waals surface area contributed by atoms with Gasteiger partial charge in [0.25, 0.3) is 5.91 Å². The topological polar surface area (TPSA) is 56.4 Å². The Bertz CT molecular complexity index is 872. The van der Waals surface area contributed by atoms with Gasteiger partial charge in [0.1, 0.15) is 38.5 Å². The van der Waals surface area contributed by atoms with E-state index in [1.54, 1.807) is 0 Å². The number of quaternary nitrogens is 2. The van der Waals surface area contributed by atoms with Crippen LogP contribution in [0.5, 0.6) is 11.5 Å². The predicted octanol–water partition coefficient (Wildman–Crippen LogP) is 0.130. The summed E-state index contributed by atoms with van der Waals surface area (Å²) in [5.41, 5.74) is 1.35. The second-order valence-corrected chi connectivity index (χ2v) is 7.65. The minimum atomic E-state index is -0.481. The van der Waals surface area contributed by atoms with E-state index in [2.05, 4.69) is 11.4 Å². The SMILES string of the molecule is O=C(C[NH+]1CC[NH+](Cc2ccc3c(c2)OCO3)CC1)Nc1cc(Cl)ccc1F. The van der Waals surface area contributed by atoms with Crippen LogP contribution in [0.1, 0.15) is 5.56 Å². The van der Waals surface area contributed by atoms with Crippen molar-refractivity contribution in [1.82, 2.24) is 0 Å². The lowest BCUT2D eigenvalue weighted by atomic mass is 10.1. The van der Waals surface area contributed by atoms with Crippen LogP contribution in [-0.2, 0) is 11.3 Å². The van der Waals surface area contributed by atoms with Gasteiger partial charge in [-0.15, -0.1) is 0 Å². The monoisotopic (exact) mass is 407 g/mol. The van der Waals surface area contributed by atoms with E-state index >= 15 is 0 Å². The van der Waals surface area contributed by atoms with E-state index in [0.717, 1.165) is 44.2 Å². The highest BCUT2D eigenvalue weighted by atomic mass is 35.5. The van der Waals surface area contributed by atoms with Crippen molar-refractivity contribution in [3.05, 3.63) is 52.8 Å². The summed E-state index contributed by atoms with van der Waals surface area (Å²) in [6.45, 7) is 5.27. The summed E-state index contributed by atoms with van der Waals surface area (Å²) in [6, 6.07) is 10.2. The van der Waals surface area contributed by atoms with E-state index in [4.69, 9.17) is 21.1 Å². The Balaban J connectivity index is 1.25. The Morgan fingerprint density at radius 1 is 1.04 bits per heavy atom. The molecule has 4 rings (SSSR count). The first-order valence-corrected chi connectivity index (χ1v) is 9.75. The number of amides is 1. The first-order chi connectivity index (χ1) is 13.6. The van der Waals surface area contributed by atoms with Gasteiger partial charge >= 0.3 is 0 Å². The van der Waals surface area contributed by atoms with E-state index in [0.29, 0.717) is 11.6 Å². The quantitative estimate of drug-likeness (QED) is 0.660. The van der Waals surface area contributed by atoms with Gasteiger partial charge in [0.05, 0.1) is 5.69 Å². The van der Waals surface area contributed by atoms with Crippen molar-refractivity contribution < 1.29 is 28.5 Å². The minimum absolute atomic E-state index is 0.129. The molecule has 28 heavy (non-hydrogen) atoms. The molecule has 2 heterocycles. The third-order valence-electron chi connectivity index (χ3n) is 5.17. The average molecular weight is 408 g/mol. The molecule has 0 aliphatic carbocycles. The van der Waals surface area contributed by atoms with Crippen molar-refractivity contribution in [2.24, 2.45) is 0 Å². The number of anilines is 1. The van der Waals surface area contributed by atoms with Gasteiger partial charge in [-0.2, -0.15) is 0 Å². The minimum Gasteiger partial charge on any atom is -0.454 e. The maximum atomic E-state index is 13.7. The summed E-state index contributed by atoms with van der Waals surface area (Å²) in [7, 11) is 0. The van der Waals surface area contributed by atoms with Gasteiger partial charge in [0, 0.05) is 10.6 Å². The number of fused-ring (bicyclic) bond motifs is 1. The van der Waals surface area contributed by atoms with E-state index in [1.165, 1.54) is 33.6 Å². The lowest BCUT2D eigenvalue weighted by Crippen LogP contribution is -3.28. The Kier molecular flexibility index (Phi) is 5.66. The Morgan fingerprint density at radius 2 is 1.79 bits per heavy atom. The molecule has 0 saturated carbocycles. The summed E-state index contributed by atoms with van der Waals surface area (Å²) < 4.78 is 24.5. The van der Waals surface area contributed by atoms with Gasteiger partial charge in [-0.25, -0.2) is 4.39 Å². The molecule has 0 bridgehead atoms. The first kappa shape index (κ1) is 19.0. The average Bonchev–Trinajstić information content (AvgIpc) is 3.14. The molecular weight excluding hydrogens is 385 g/mol. The van der Waals surface area contributed by atoms with Crippen LogP contribution in [-0.4, -0.2) is 45.4 Å². The smallest absolute Gasteiger partial charge is 0.279 e. The third kappa shape index (κ3) is 4.55.